The summed E-state index contributed by atoms with van der Waals surface area (Å²) >= 11 is 0. The molecule has 14 heavy (non-hydrogen) atoms. The standard InChI is InChI=1S/C10H16N2.N2/c1-7(2)8-4-5-10(12-3)9(11)6-8;1-2/h4-7,12H,11H2,1-3H3;. The average molecular weight is 192 g/mol. The van der Waals surface area contributed by atoms with E-state index in [2.05, 4.69) is 25.2 Å². The van der Waals surface area contributed by atoms with E-state index in [1.807, 2.05) is 19.2 Å². The molecule has 76 valence electrons. The fraction of sp³-hybridized carbons (Fsp3) is 0.400. The predicted molar refractivity (Wildman–Crippen MR) is 57.9 cm³/mol. The van der Waals surface area contributed by atoms with Crippen molar-refractivity contribution in [2.45, 2.75) is 19.8 Å². The molecule has 1 aromatic carbocycles. The van der Waals surface area contributed by atoms with Crippen molar-refractivity contribution in [3.63, 3.8) is 0 Å². The van der Waals surface area contributed by atoms with Gasteiger partial charge in [-0.15, -0.1) is 0 Å². The molecule has 0 amide bonds. The van der Waals surface area contributed by atoms with Crippen molar-refractivity contribution in [2.24, 2.45) is 0 Å². The van der Waals surface area contributed by atoms with Gasteiger partial charge in [0.15, 0.2) is 0 Å². The number of rotatable bonds is 2. The maximum absolute atomic E-state index is 6.00. The minimum atomic E-state index is 0.540. The molecule has 4 heteroatoms. The van der Waals surface area contributed by atoms with E-state index < -0.39 is 0 Å². The van der Waals surface area contributed by atoms with Crippen molar-refractivity contribution >= 4 is 11.4 Å². The van der Waals surface area contributed by atoms with Crippen LogP contribution in [-0.4, -0.2) is 7.05 Å². The lowest BCUT2D eigenvalue weighted by molar-refractivity contribution is 0.867. The van der Waals surface area contributed by atoms with Crippen LogP contribution in [0.5, 0.6) is 0 Å². The number of nitrogen functional groups attached to an aromatic ring is 1. The number of benzene rings is 1. The van der Waals surface area contributed by atoms with E-state index in [4.69, 9.17) is 16.5 Å². The first-order valence-corrected chi connectivity index (χ1v) is 4.42. The molecule has 0 atom stereocenters. The van der Waals surface area contributed by atoms with E-state index in [0.29, 0.717) is 5.92 Å². The maximum Gasteiger partial charge on any atom is 0.0571 e. The molecule has 0 saturated heterocycles. The first-order valence-electron chi connectivity index (χ1n) is 4.42. The van der Waals surface area contributed by atoms with Crippen molar-refractivity contribution in [2.75, 3.05) is 18.1 Å². The third-order valence-electron chi connectivity index (χ3n) is 2.01. The van der Waals surface area contributed by atoms with Crippen LogP contribution in [0.2, 0.25) is 0 Å². The van der Waals surface area contributed by atoms with Crippen molar-refractivity contribution in [3.8, 4) is 0 Å². The maximum atomic E-state index is 6.00. The monoisotopic (exact) mass is 192 g/mol. The first kappa shape index (κ1) is 12.2. The van der Waals surface area contributed by atoms with E-state index >= 15 is 0 Å². The van der Waals surface area contributed by atoms with Crippen molar-refractivity contribution in [1.82, 2.24) is 0 Å². The highest BCUT2D eigenvalue weighted by molar-refractivity contribution is 5.66. The summed E-state index contributed by atoms with van der Waals surface area (Å²) in [4.78, 5) is 0. The Labute approximate surface area is 84.5 Å². The molecule has 0 aliphatic rings. The average Bonchev–Trinajstić information content (AvgIpc) is 2.20. The number of nitrogens with two attached hydrogens (primary N) is 1. The van der Waals surface area contributed by atoms with Gasteiger partial charge in [0.1, 0.15) is 0 Å². The third-order valence-corrected chi connectivity index (χ3v) is 2.01. The molecule has 0 bridgehead atoms. The molecule has 0 saturated carbocycles. The molecule has 4 nitrogen and oxygen atoms in total. The SMILES string of the molecule is CNc1ccc(C(C)C)cc1N.N#N. The summed E-state index contributed by atoms with van der Waals surface area (Å²) in [7, 11) is 1.88. The van der Waals surface area contributed by atoms with Crippen molar-refractivity contribution in [3.05, 3.63) is 23.8 Å². The Bertz CT molecular complexity index is 304. The molecule has 0 radical (unpaired) electrons. The summed E-state index contributed by atoms with van der Waals surface area (Å²) in [5, 5.41) is 15.0. The molecule has 0 heterocycles. The van der Waals surface area contributed by atoms with Gasteiger partial charge in [-0.25, -0.2) is 0 Å². The Morgan fingerprint density at radius 3 is 2.21 bits per heavy atom. The van der Waals surface area contributed by atoms with Gasteiger partial charge in [-0.3, -0.25) is 0 Å². The van der Waals surface area contributed by atoms with Crippen LogP contribution in [0.3, 0.4) is 0 Å². The Morgan fingerprint density at radius 1 is 1.29 bits per heavy atom. The van der Waals surface area contributed by atoms with Gasteiger partial charge in [-0.1, -0.05) is 19.9 Å². The van der Waals surface area contributed by atoms with E-state index in [1.165, 1.54) is 5.56 Å². The first-order chi connectivity index (χ1) is 6.65. The van der Waals surface area contributed by atoms with Gasteiger partial charge in [0.05, 0.1) is 11.4 Å². The lowest BCUT2D eigenvalue weighted by Crippen LogP contribution is -1.97. The minimum absolute atomic E-state index is 0.540. The van der Waals surface area contributed by atoms with Gasteiger partial charge in [-0.2, -0.15) is 0 Å². The fourth-order valence-electron chi connectivity index (χ4n) is 1.17. The minimum Gasteiger partial charge on any atom is -0.397 e. The smallest absolute Gasteiger partial charge is 0.0571 e. The quantitative estimate of drug-likeness (QED) is 0.556. The van der Waals surface area contributed by atoms with Gasteiger partial charge in [0.2, 0.25) is 0 Å². The molecule has 0 unspecified atom stereocenters. The summed E-state index contributed by atoms with van der Waals surface area (Å²) in [6.07, 6.45) is 0. The van der Waals surface area contributed by atoms with E-state index in [-0.39, 0.29) is 0 Å². The molecular formula is C10H16N4. The summed E-state index contributed by atoms with van der Waals surface area (Å²) < 4.78 is 0. The second-order valence-corrected chi connectivity index (χ2v) is 3.25. The lowest BCUT2D eigenvalue weighted by Gasteiger charge is -2.09. The lowest BCUT2D eigenvalue weighted by atomic mass is 10.0. The Hall–Kier alpha value is -1.76. The molecule has 0 spiro atoms. The third kappa shape index (κ3) is 2.94. The molecule has 1 aromatic rings. The van der Waals surface area contributed by atoms with E-state index in [1.54, 1.807) is 0 Å². The second-order valence-electron chi connectivity index (χ2n) is 3.25. The van der Waals surface area contributed by atoms with Gasteiger partial charge < -0.3 is 11.1 Å². The molecule has 0 fully saturated rings. The molecule has 3 N–H and O–H groups in total. The Kier molecular flexibility index (Phi) is 5.08. The largest absolute Gasteiger partial charge is 0.397 e. The van der Waals surface area contributed by atoms with Crippen molar-refractivity contribution < 1.29 is 0 Å². The number of hydrogen-bond donors (Lipinski definition) is 2. The predicted octanol–water partition coefficient (Wildman–Crippen LogP) is 2.46. The van der Waals surface area contributed by atoms with E-state index in [9.17, 15) is 0 Å². The second kappa shape index (κ2) is 5.81. The summed E-state index contributed by atoms with van der Waals surface area (Å²) in [5.41, 5.74) is 8.91. The van der Waals surface area contributed by atoms with Gasteiger partial charge in [0.25, 0.3) is 0 Å². The summed E-state index contributed by atoms with van der Waals surface area (Å²) in [6.45, 7) is 4.32. The zero-order chi connectivity index (χ0) is 11.1. The Morgan fingerprint density at radius 2 is 1.86 bits per heavy atom. The normalized spacial score (nSPS) is 9.00. The Balaban J connectivity index is 0.000000791. The zero-order valence-electron chi connectivity index (χ0n) is 8.78. The molecule has 0 aromatic heterocycles. The number of nitrogens with zero attached hydrogens (tertiary/aromatic N) is 2. The molecule has 0 aliphatic carbocycles. The molecule has 1 rings (SSSR count). The van der Waals surface area contributed by atoms with Crippen LogP contribution >= 0.6 is 0 Å². The van der Waals surface area contributed by atoms with Gasteiger partial charge in [-0.05, 0) is 23.6 Å². The molecule has 0 aliphatic heterocycles. The highest BCUT2D eigenvalue weighted by Gasteiger charge is 2.01. The number of hydrogen-bond acceptors (Lipinski definition) is 4. The van der Waals surface area contributed by atoms with Crippen LogP contribution in [0.1, 0.15) is 25.3 Å². The number of nitrogens with one attached hydrogen (secondary N) is 1. The summed E-state index contributed by atoms with van der Waals surface area (Å²) in [5.74, 6) is 0.540. The van der Waals surface area contributed by atoms with Crippen LogP contribution in [0.4, 0.5) is 11.4 Å². The van der Waals surface area contributed by atoms with Gasteiger partial charge >= 0.3 is 0 Å². The van der Waals surface area contributed by atoms with Crippen LogP contribution in [0.15, 0.2) is 18.2 Å². The van der Waals surface area contributed by atoms with E-state index in [0.717, 1.165) is 11.4 Å². The highest BCUT2D eigenvalue weighted by atomic mass is 14.8. The zero-order valence-corrected chi connectivity index (χ0v) is 8.78. The topological polar surface area (TPSA) is 85.6 Å². The fourth-order valence-corrected chi connectivity index (χ4v) is 1.17. The summed E-state index contributed by atoms with van der Waals surface area (Å²) in [6, 6.07) is 6.15. The van der Waals surface area contributed by atoms with Crippen LogP contribution in [0, 0.1) is 10.8 Å². The van der Waals surface area contributed by atoms with Crippen molar-refractivity contribution in [1.29, 1.82) is 10.8 Å². The molecular weight excluding hydrogens is 176 g/mol. The highest BCUT2D eigenvalue weighted by Crippen LogP contribution is 2.23. The van der Waals surface area contributed by atoms with Crippen LogP contribution in [0.25, 0.3) is 0 Å². The van der Waals surface area contributed by atoms with Gasteiger partial charge in [0, 0.05) is 17.8 Å². The van der Waals surface area contributed by atoms with Crippen LogP contribution < -0.4 is 11.1 Å². The van der Waals surface area contributed by atoms with Crippen LogP contribution in [-0.2, 0) is 0 Å². The number of anilines is 2.